The minimum atomic E-state index is -0.183. The summed E-state index contributed by atoms with van der Waals surface area (Å²) in [6.07, 6.45) is 0. The number of nitrogens with zero attached hydrogens (tertiary/aromatic N) is 2. The third kappa shape index (κ3) is 5.38. The van der Waals surface area contributed by atoms with Gasteiger partial charge in [-0.15, -0.1) is 0 Å². The second-order valence-electron chi connectivity index (χ2n) is 7.78. The molecule has 0 spiro atoms. The molecule has 2 amide bonds. The molecular formula is C26H26N4O3. The molecule has 7 nitrogen and oxygen atoms in total. The van der Waals surface area contributed by atoms with Crippen molar-refractivity contribution in [3.05, 3.63) is 95.3 Å². The lowest BCUT2D eigenvalue weighted by atomic mass is 10.1. The fraction of sp³-hybridized carbons (Fsp3) is 0.192. The van der Waals surface area contributed by atoms with E-state index in [-0.39, 0.29) is 24.9 Å². The first kappa shape index (κ1) is 22.1. The van der Waals surface area contributed by atoms with Crippen molar-refractivity contribution >= 4 is 22.8 Å². The van der Waals surface area contributed by atoms with Crippen molar-refractivity contribution < 1.29 is 14.3 Å². The number of hydrogen-bond donors (Lipinski definition) is 2. The van der Waals surface area contributed by atoms with E-state index in [4.69, 9.17) is 4.74 Å². The minimum absolute atomic E-state index is 0.104. The van der Waals surface area contributed by atoms with Crippen molar-refractivity contribution in [1.29, 1.82) is 0 Å². The Kier molecular flexibility index (Phi) is 6.69. The Morgan fingerprint density at radius 3 is 2.36 bits per heavy atom. The molecule has 0 radical (unpaired) electrons. The average Bonchev–Trinajstić information content (AvgIpc) is 3.19. The number of rotatable bonds is 8. The molecule has 0 aliphatic carbocycles. The molecule has 3 aromatic carbocycles. The first-order valence-electron chi connectivity index (χ1n) is 10.7. The summed E-state index contributed by atoms with van der Waals surface area (Å²) in [5.74, 6) is 1.07. The second kappa shape index (κ2) is 9.99. The van der Waals surface area contributed by atoms with Crippen LogP contribution in [0.2, 0.25) is 0 Å². The van der Waals surface area contributed by atoms with Crippen LogP contribution in [0.3, 0.4) is 0 Å². The Bertz CT molecular complexity index is 1260. The lowest BCUT2D eigenvalue weighted by Gasteiger charge is -2.11. The van der Waals surface area contributed by atoms with Gasteiger partial charge in [0.05, 0.1) is 24.7 Å². The number of aryl methyl sites for hydroxylation is 1. The largest absolute Gasteiger partial charge is 0.497 e. The maximum Gasteiger partial charge on any atom is 0.251 e. The van der Waals surface area contributed by atoms with Crippen LogP contribution in [-0.4, -0.2) is 28.5 Å². The van der Waals surface area contributed by atoms with Gasteiger partial charge in [-0.05, 0) is 48.9 Å². The number of carbonyl (C=O) groups excluding carboxylic acids is 2. The maximum absolute atomic E-state index is 12.7. The van der Waals surface area contributed by atoms with E-state index in [0.29, 0.717) is 17.9 Å². The third-order valence-electron chi connectivity index (χ3n) is 5.40. The fourth-order valence-corrected chi connectivity index (χ4v) is 3.55. The molecule has 0 saturated carbocycles. The zero-order valence-electron chi connectivity index (χ0n) is 18.7. The molecule has 0 atom stereocenters. The predicted octanol–water partition coefficient (Wildman–Crippen LogP) is 3.60. The summed E-state index contributed by atoms with van der Waals surface area (Å²) in [4.78, 5) is 29.9. The first-order valence-corrected chi connectivity index (χ1v) is 10.7. The van der Waals surface area contributed by atoms with Crippen LogP contribution >= 0.6 is 0 Å². The Morgan fingerprint density at radius 1 is 0.909 bits per heavy atom. The number of carbonyl (C=O) groups is 2. The maximum atomic E-state index is 12.7. The number of hydrogen-bond acceptors (Lipinski definition) is 4. The Hall–Kier alpha value is -4.13. The van der Waals surface area contributed by atoms with E-state index in [0.717, 1.165) is 27.9 Å². The van der Waals surface area contributed by atoms with Crippen LogP contribution in [0.4, 0.5) is 0 Å². The molecule has 2 N–H and O–H groups in total. The van der Waals surface area contributed by atoms with Gasteiger partial charge in [0.2, 0.25) is 5.91 Å². The van der Waals surface area contributed by atoms with Crippen LogP contribution in [0.5, 0.6) is 5.75 Å². The summed E-state index contributed by atoms with van der Waals surface area (Å²) in [6.45, 7) is 2.71. The lowest BCUT2D eigenvalue weighted by molar-refractivity contribution is -0.121. The van der Waals surface area contributed by atoms with Gasteiger partial charge in [0, 0.05) is 12.1 Å². The second-order valence-corrected chi connectivity index (χ2v) is 7.78. The van der Waals surface area contributed by atoms with E-state index in [1.54, 1.807) is 19.2 Å². The Morgan fingerprint density at radius 2 is 1.64 bits per heavy atom. The van der Waals surface area contributed by atoms with Crippen molar-refractivity contribution in [2.24, 2.45) is 0 Å². The number of benzene rings is 3. The number of para-hydroxylation sites is 2. The van der Waals surface area contributed by atoms with Gasteiger partial charge in [-0.25, -0.2) is 4.98 Å². The molecule has 4 rings (SSSR count). The molecule has 1 heterocycles. The van der Waals surface area contributed by atoms with Crippen LogP contribution in [0, 0.1) is 6.92 Å². The number of aromatic nitrogens is 2. The van der Waals surface area contributed by atoms with E-state index in [9.17, 15) is 9.59 Å². The van der Waals surface area contributed by atoms with Gasteiger partial charge in [-0.1, -0.05) is 42.0 Å². The molecule has 4 aromatic rings. The van der Waals surface area contributed by atoms with Crippen molar-refractivity contribution in [1.82, 2.24) is 20.2 Å². The van der Waals surface area contributed by atoms with Crippen LogP contribution in [-0.2, 0) is 24.4 Å². The van der Waals surface area contributed by atoms with E-state index in [1.165, 1.54) is 0 Å². The smallest absolute Gasteiger partial charge is 0.251 e. The van der Waals surface area contributed by atoms with Crippen LogP contribution in [0.25, 0.3) is 11.0 Å². The number of imidazole rings is 1. The molecule has 33 heavy (non-hydrogen) atoms. The molecule has 0 aliphatic rings. The van der Waals surface area contributed by atoms with E-state index >= 15 is 0 Å². The topological polar surface area (TPSA) is 85.2 Å². The molecule has 0 bridgehead atoms. The van der Waals surface area contributed by atoms with Gasteiger partial charge >= 0.3 is 0 Å². The molecule has 0 aliphatic heterocycles. The lowest BCUT2D eigenvalue weighted by Crippen LogP contribution is -2.29. The van der Waals surface area contributed by atoms with Gasteiger partial charge < -0.3 is 19.9 Å². The SMILES string of the molecule is COc1ccc(CNC(=O)Cn2c(CNC(=O)c3ccc(C)cc3)nc3ccccc32)cc1. The standard InChI is InChI=1S/C26H26N4O3/c1-18-7-11-20(12-8-18)26(32)28-16-24-29-22-5-3-4-6-23(22)30(24)17-25(31)27-15-19-9-13-21(33-2)14-10-19/h3-14H,15-17H2,1-2H3,(H,27,31)(H,28,32). The number of amides is 2. The number of methoxy groups -OCH3 is 1. The highest BCUT2D eigenvalue weighted by molar-refractivity contribution is 5.94. The zero-order valence-corrected chi connectivity index (χ0v) is 18.7. The summed E-state index contributed by atoms with van der Waals surface area (Å²) >= 11 is 0. The summed E-state index contributed by atoms with van der Waals surface area (Å²) in [5, 5.41) is 5.86. The number of ether oxygens (including phenoxy) is 1. The van der Waals surface area contributed by atoms with Crippen LogP contribution in [0.1, 0.15) is 27.3 Å². The number of nitrogens with one attached hydrogen (secondary N) is 2. The fourth-order valence-electron chi connectivity index (χ4n) is 3.55. The zero-order chi connectivity index (χ0) is 23.2. The van der Waals surface area contributed by atoms with Crippen molar-refractivity contribution in [2.45, 2.75) is 26.6 Å². The highest BCUT2D eigenvalue weighted by atomic mass is 16.5. The molecule has 168 valence electrons. The third-order valence-corrected chi connectivity index (χ3v) is 5.40. The highest BCUT2D eigenvalue weighted by Crippen LogP contribution is 2.16. The quantitative estimate of drug-likeness (QED) is 0.437. The molecule has 0 fully saturated rings. The summed E-state index contributed by atoms with van der Waals surface area (Å²) < 4.78 is 7.01. The minimum Gasteiger partial charge on any atom is -0.497 e. The van der Waals surface area contributed by atoms with Gasteiger partial charge in [-0.2, -0.15) is 0 Å². The first-order chi connectivity index (χ1) is 16.0. The van der Waals surface area contributed by atoms with Crippen LogP contribution < -0.4 is 15.4 Å². The highest BCUT2D eigenvalue weighted by Gasteiger charge is 2.15. The summed E-state index contributed by atoms with van der Waals surface area (Å²) in [6, 6.07) is 22.6. The van der Waals surface area contributed by atoms with E-state index < -0.39 is 0 Å². The predicted molar refractivity (Wildman–Crippen MR) is 127 cm³/mol. The average molecular weight is 443 g/mol. The van der Waals surface area contributed by atoms with E-state index in [1.807, 2.05) is 72.2 Å². The van der Waals surface area contributed by atoms with Gasteiger partial charge in [-0.3, -0.25) is 9.59 Å². The molecule has 1 aromatic heterocycles. The van der Waals surface area contributed by atoms with Crippen molar-refractivity contribution in [2.75, 3.05) is 7.11 Å². The molecular weight excluding hydrogens is 416 g/mol. The Labute approximate surface area is 192 Å². The van der Waals surface area contributed by atoms with E-state index in [2.05, 4.69) is 15.6 Å². The normalized spacial score (nSPS) is 10.7. The van der Waals surface area contributed by atoms with Gasteiger partial charge in [0.15, 0.2) is 0 Å². The molecule has 7 heteroatoms. The summed E-state index contributed by atoms with van der Waals surface area (Å²) in [5.41, 5.74) is 4.27. The summed E-state index contributed by atoms with van der Waals surface area (Å²) in [7, 11) is 1.62. The van der Waals surface area contributed by atoms with Gasteiger partial charge in [0.25, 0.3) is 5.91 Å². The van der Waals surface area contributed by atoms with Crippen molar-refractivity contribution in [3.63, 3.8) is 0 Å². The van der Waals surface area contributed by atoms with Crippen LogP contribution in [0.15, 0.2) is 72.8 Å². The van der Waals surface area contributed by atoms with Crippen molar-refractivity contribution in [3.8, 4) is 5.75 Å². The molecule has 0 saturated heterocycles. The number of fused-ring (bicyclic) bond motifs is 1. The molecule has 0 unspecified atom stereocenters. The Balaban J connectivity index is 1.45. The van der Waals surface area contributed by atoms with Gasteiger partial charge in [0.1, 0.15) is 18.1 Å². The monoisotopic (exact) mass is 442 g/mol.